The Morgan fingerprint density at radius 1 is 0.929 bits per heavy atom. The van der Waals surface area contributed by atoms with Gasteiger partial charge in [0.05, 0.1) is 25.6 Å². The first-order chi connectivity index (χ1) is 20.4. The average Bonchev–Trinajstić information content (AvgIpc) is 3.38. The van der Waals surface area contributed by atoms with Crippen LogP contribution in [-0.2, 0) is 31.5 Å². The molecule has 0 aliphatic carbocycles. The fourth-order valence-corrected chi connectivity index (χ4v) is 5.66. The van der Waals surface area contributed by atoms with Crippen LogP contribution in [0, 0.1) is 5.82 Å². The molecule has 0 amide bonds. The molecule has 0 fully saturated rings. The van der Waals surface area contributed by atoms with Gasteiger partial charge in [0.15, 0.2) is 11.5 Å². The van der Waals surface area contributed by atoms with Gasteiger partial charge in [-0.1, -0.05) is 69.6 Å². The third-order valence-corrected chi connectivity index (χ3v) is 8.14. The van der Waals surface area contributed by atoms with Crippen molar-refractivity contribution in [3.8, 4) is 0 Å². The molecule has 0 aliphatic rings. The Morgan fingerprint density at radius 3 is 2.33 bits per heavy atom. The molecule has 3 rings (SSSR count). The molecular formula is C30H47FN5O5P. The average molecular weight is 608 g/mol. The normalized spacial score (nSPS) is 13.9. The molecule has 3 aromatic rings. The number of benzene rings is 1. The van der Waals surface area contributed by atoms with Crippen LogP contribution in [-0.4, -0.2) is 56.7 Å². The van der Waals surface area contributed by atoms with Gasteiger partial charge in [0, 0.05) is 13.2 Å². The van der Waals surface area contributed by atoms with Gasteiger partial charge >= 0.3 is 7.60 Å². The minimum atomic E-state index is -3.86. The number of imidazole rings is 1. The lowest BCUT2D eigenvalue weighted by Gasteiger charge is -2.17. The second kappa shape index (κ2) is 19.0. The zero-order chi connectivity index (χ0) is 30.0. The Morgan fingerprint density at radius 2 is 1.60 bits per heavy atom. The molecule has 3 N–H and O–H groups in total. The quantitative estimate of drug-likeness (QED) is 0.0896. The summed E-state index contributed by atoms with van der Waals surface area (Å²) >= 11 is 0. The van der Waals surface area contributed by atoms with Crippen LogP contribution >= 0.6 is 7.60 Å². The number of ether oxygens (including phenoxy) is 2. The number of fused-ring (bicyclic) bond motifs is 1. The molecule has 10 nitrogen and oxygen atoms in total. The number of hydrogen-bond donors (Lipinski definition) is 2. The second-order valence-electron chi connectivity index (χ2n) is 10.7. The maximum atomic E-state index is 13.6. The number of anilines is 1. The molecule has 2 atom stereocenters. The van der Waals surface area contributed by atoms with E-state index < -0.39 is 13.9 Å². The largest absolute Gasteiger partial charge is 0.382 e. The maximum absolute atomic E-state index is 13.6. The van der Waals surface area contributed by atoms with E-state index in [-0.39, 0.29) is 18.5 Å². The highest BCUT2D eigenvalue weighted by atomic mass is 31.2. The van der Waals surface area contributed by atoms with E-state index in [0.717, 1.165) is 37.7 Å². The summed E-state index contributed by atoms with van der Waals surface area (Å²) in [6, 6.07) is 7.06. The molecule has 0 aliphatic heterocycles. The van der Waals surface area contributed by atoms with Crippen molar-refractivity contribution in [2.75, 3.05) is 31.9 Å². The monoisotopic (exact) mass is 607 g/mol. The van der Waals surface area contributed by atoms with E-state index in [0.29, 0.717) is 43.2 Å². The summed E-state index contributed by atoms with van der Waals surface area (Å²) in [4.78, 5) is 22.4. The molecule has 2 heterocycles. The Bertz CT molecular complexity index is 1230. The van der Waals surface area contributed by atoms with Gasteiger partial charge < -0.3 is 29.2 Å². The summed E-state index contributed by atoms with van der Waals surface area (Å²) in [6.45, 7) is 3.51. The van der Waals surface area contributed by atoms with Gasteiger partial charge in [0.2, 0.25) is 0 Å². The molecule has 1 aromatic carbocycles. The zero-order valence-electron chi connectivity index (χ0n) is 24.8. The van der Waals surface area contributed by atoms with Gasteiger partial charge in [-0.3, -0.25) is 4.57 Å². The lowest BCUT2D eigenvalue weighted by atomic mass is 10.0. The minimum absolute atomic E-state index is 0.0844. The minimum Gasteiger partial charge on any atom is -0.382 e. The van der Waals surface area contributed by atoms with Gasteiger partial charge in [-0.05, 0) is 44.2 Å². The van der Waals surface area contributed by atoms with E-state index in [1.807, 2.05) is 12.1 Å². The van der Waals surface area contributed by atoms with Crippen LogP contribution in [0.3, 0.4) is 0 Å². The molecule has 0 saturated carbocycles. The predicted molar refractivity (Wildman–Crippen MR) is 163 cm³/mol. The molecular weight excluding hydrogens is 560 g/mol. The number of nitrogen functional groups attached to an aromatic ring is 1. The van der Waals surface area contributed by atoms with Gasteiger partial charge in [-0.25, -0.2) is 19.3 Å². The van der Waals surface area contributed by atoms with E-state index >= 15 is 0 Å². The van der Waals surface area contributed by atoms with Crippen molar-refractivity contribution >= 4 is 24.6 Å². The second-order valence-corrected chi connectivity index (χ2v) is 12.5. The molecule has 0 spiro atoms. The maximum Gasteiger partial charge on any atom is 0.353 e. The summed E-state index contributed by atoms with van der Waals surface area (Å²) in [5.41, 5.74) is 7.73. The summed E-state index contributed by atoms with van der Waals surface area (Å²) in [6.07, 6.45) is 15.4. The summed E-state index contributed by atoms with van der Waals surface area (Å²) in [7, 11) is -3.86. The van der Waals surface area contributed by atoms with Crippen molar-refractivity contribution in [2.45, 2.75) is 96.6 Å². The smallest absolute Gasteiger partial charge is 0.353 e. The molecule has 2 aromatic heterocycles. The summed E-state index contributed by atoms with van der Waals surface area (Å²) < 4.78 is 44.0. The standard InChI is InChI=1S/C30H47FN5O5P/c1-25(21-36-23-35-28-29(32)33-22-34-30(28)36)40-24-42(37,38)41-20-14-19-39-18-13-9-7-5-3-2-4-6-8-10-15-26-16-11-12-17-27(26)31/h11-12,16-17,22-23,25H,2-10,13-15,18-21,24H2,1H3,(H,37,38)(H2,32,33,34)/t25-/m1/s1. The number of hydrogen-bond acceptors (Lipinski definition) is 8. The third-order valence-electron chi connectivity index (χ3n) is 7.07. The van der Waals surface area contributed by atoms with Crippen LogP contribution in [0.5, 0.6) is 0 Å². The van der Waals surface area contributed by atoms with E-state index in [9.17, 15) is 13.8 Å². The molecule has 0 saturated heterocycles. The Kier molecular flexibility index (Phi) is 15.4. The van der Waals surface area contributed by atoms with Crippen molar-refractivity contribution in [1.82, 2.24) is 19.5 Å². The Hall–Kier alpha value is -2.43. The highest BCUT2D eigenvalue weighted by molar-refractivity contribution is 7.52. The fourth-order valence-electron chi connectivity index (χ4n) is 4.73. The Labute approximate surface area is 248 Å². The van der Waals surface area contributed by atoms with Crippen LogP contribution in [0.15, 0.2) is 36.9 Å². The van der Waals surface area contributed by atoms with E-state index in [4.69, 9.17) is 19.7 Å². The van der Waals surface area contributed by atoms with Crippen molar-refractivity contribution in [3.63, 3.8) is 0 Å². The first-order valence-electron chi connectivity index (χ1n) is 15.2. The van der Waals surface area contributed by atoms with Crippen LogP contribution in [0.2, 0.25) is 0 Å². The van der Waals surface area contributed by atoms with Crippen LogP contribution in [0.1, 0.15) is 83.1 Å². The highest BCUT2D eigenvalue weighted by Gasteiger charge is 2.21. The van der Waals surface area contributed by atoms with Crippen molar-refractivity contribution in [1.29, 1.82) is 0 Å². The summed E-state index contributed by atoms with van der Waals surface area (Å²) in [5, 5.41) is 0. The predicted octanol–water partition coefficient (Wildman–Crippen LogP) is 6.66. The van der Waals surface area contributed by atoms with Gasteiger partial charge in [-0.2, -0.15) is 0 Å². The molecule has 12 heteroatoms. The topological polar surface area (TPSA) is 135 Å². The number of nitrogens with two attached hydrogens (primary N) is 1. The van der Waals surface area contributed by atoms with Crippen molar-refractivity contribution in [3.05, 3.63) is 48.3 Å². The summed E-state index contributed by atoms with van der Waals surface area (Å²) in [5.74, 6) is 0.216. The number of aromatic nitrogens is 4. The van der Waals surface area contributed by atoms with Gasteiger partial charge in [-0.15, -0.1) is 0 Å². The van der Waals surface area contributed by atoms with E-state index in [1.165, 1.54) is 50.9 Å². The SMILES string of the molecule is C[C@H](Cn1cnc2c(N)ncnc21)OCP(=O)(O)OCCCOCCCCCCCCCCCCc1ccccc1F. The first-order valence-corrected chi connectivity index (χ1v) is 16.9. The molecule has 234 valence electrons. The number of aryl methyl sites for hydroxylation is 1. The van der Waals surface area contributed by atoms with E-state index in [1.54, 1.807) is 23.9 Å². The van der Waals surface area contributed by atoms with Crippen molar-refractivity contribution < 1.29 is 27.8 Å². The molecule has 0 bridgehead atoms. The van der Waals surface area contributed by atoms with Crippen LogP contribution in [0.25, 0.3) is 11.2 Å². The lowest BCUT2D eigenvalue weighted by Crippen LogP contribution is -2.17. The number of halogens is 1. The Balaban J connectivity index is 1.08. The van der Waals surface area contributed by atoms with Gasteiger partial charge in [0.1, 0.15) is 24.0 Å². The third kappa shape index (κ3) is 12.8. The molecule has 0 radical (unpaired) electrons. The van der Waals surface area contributed by atoms with E-state index in [2.05, 4.69) is 15.0 Å². The van der Waals surface area contributed by atoms with Crippen LogP contribution in [0.4, 0.5) is 10.2 Å². The lowest BCUT2D eigenvalue weighted by molar-refractivity contribution is 0.0688. The van der Waals surface area contributed by atoms with Crippen LogP contribution < -0.4 is 5.73 Å². The zero-order valence-corrected chi connectivity index (χ0v) is 25.7. The molecule has 42 heavy (non-hydrogen) atoms. The molecule has 1 unspecified atom stereocenters. The number of rotatable bonds is 23. The van der Waals surface area contributed by atoms with Crippen molar-refractivity contribution in [2.24, 2.45) is 0 Å². The number of unbranched alkanes of at least 4 members (excludes halogenated alkanes) is 9. The van der Waals surface area contributed by atoms with Gasteiger partial charge in [0.25, 0.3) is 0 Å². The number of nitrogens with zero attached hydrogens (tertiary/aromatic N) is 4. The fraction of sp³-hybridized carbons (Fsp3) is 0.633. The first kappa shape index (κ1) is 34.1. The highest BCUT2D eigenvalue weighted by Crippen LogP contribution is 2.42.